The molecule has 4 aromatic rings. The zero-order valence-electron chi connectivity index (χ0n) is 22.8. The lowest BCUT2D eigenvalue weighted by Crippen LogP contribution is -2.26. The minimum Gasteiger partial charge on any atom is -0.493 e. The Bertz CT molecular complexity index is 1450. The monoisotopic (exact) mass is 543 g/mol. The van der Waals surface area contributed by atoms with Crippen molar-refractivity contribution in [1.29, 1.82) is 0 Å². The number of pyridine rings is 1. The highest BCUT2D eigenvalue weighted by Crippen LogP contribution is 2.27. The van der Waals surface area contributed by atoms with Crippen molar-refractivity contribution in [3.8, 4) is 28.3 Å². The largest absolute Gasteiger partial charge is 0.493 e. The van der Waals surface area contributed by atoms with Crippen LogP contribution in [0.2, 0.25) is 0 Å². The van der Waals surface area contributed by atoms with E-state index in [4.69, 9.17) is 24.0 Å². The Kier molecular flexibility index (Phi) is 9.51. The number of alkyl carbamates (subject to hydrolysis) is 1. The zero-order chi connectivity index (χ0) is 28.5. The van der Waals surface area contributed by atoms with Crippen molar-refractivity contribution >= 4 is 12.1 Å². The molecule has 0 saturated heterocycles. The quantitative estimate of drug-likeness (QED) is 0.223. The molecular formula is C31H33N3O6. The van der Waals surface area contributed by atoms with E-state index in [0.717, 1.165) is 39.3 Å². The number of aliphatic carboxylic acids is 1. The van der Waals surface area contributed by atoms with Gasteiger partial charge in [0.25, 0.3) is 0 Å². The molecule has 0 aliphatic heterocycles. The summed E-state index contributed by atoms with van der Waals surface area (Å²) in [6, 6.07) is 17.4. The van der Waals surface area contributed by atoms with E-state index < -0.39 is 12.1 Å². The smallest absolute Gasteiger partial charge is 0.407 e. The van der Waals surface area contributed by atoms with E-state index in [1.807, 2.05) is 55.5 Å². The highest BCUT2D eigenvalue weighted by molar-refractivity contribution is 5.70. The van der Waals surface area contributed by atoms with Gasteiger partial charge >= 0.3 is 12.1 Å². The van der Waals surface area contributed by atoms with Gasteiger partial charge < -0.3 is 24.3 Å². The summed E-state index contributed by atoms with van der Waals surface area (Å²) in [5, 5.41) is 11.8. The number of carbonyl (C=O) groups is 2. The number of ether oxygens (including phenoxy) is 2. The maximum absolute atomic E-state index is 12.0. The maximum atomic E-state index is 12.0. The summed E-state index contributed by atoms with van der Waals surface area (Å²) >= 11 is 0. The molecular weight excluding hydrogens is 510 g/mol. The minimum atomic E-state index is -0.884. The fourth-order valence-corrected chi connectivity index (χ4v) is 4.19. The third-order valence-electron chi connectivity index (χ3n) is 6.18. The molecule has 2 aromatic heterocycles. The SMILES string of the molecule is Cc1oc(-c2cccc(-c3ccncc3)c2)nc1CCOc1ccc(CCC(=O)O)c(CNC(=O)OC(C)C)c1. The number of nitrogens with one attached hydrogen (secondary N) is 1. The summed E-state index contributed by atoms with van der Waals surface area (Å²) in [5.41, 5.74) is 5.40. The summed E-state index contributed by atoms with van der Waals surface area (Å²) in [7, 11) is 0. The van der Waals surface area contributed by atoms with Crippen molar-refractivity contribution in [2.45, 2.75) is 52.7 Å². The van der Waals surface area contributed by atoms with Crippen LogP contribution in [0.3, 0.4) is 0 Å². The Balaban J connectivity index is 1.41. The molecule has 0 radical (unpaired) electrons. The summed E-state index contributed by atoms with van der Waals surface area (Å²) in [6.07, 6.45) is 3.62. The number of aromatic nitrogens is 2. The van der Waals surface area contributed by atoms with Gasteiger partial charge in [-0.1, -0.05) is 18.2 Å². The highest BCUT2D eigenvalue weighted by Gasteiger charge is 2.14. The van der Waals surface area contributed by atoms with Crippen LogP contribution in [-0.4, -0.2) is 39.8 Å². The van der Waals surface area contributed by atoms with Crippen LogP contribution in [-0.2, 0) is 28.9 Å². The maximum Gasteiger partial charge on any atom is 0.407 e. The van der Waals surface area contributed by atoms with Crippen LogP contribution in [0.15, 0.2) is 71.4 Å². The van der Waals surface area contributed by atoms with Gasteiger partial charge in [0.1, 0.15) is 11.5 Å². The molecule has 0 aliphatic carbocycles. The molecule has 0 fully saturated rings. The Morgan fingerprint density at radius 3 is 2.50 bits per heavy atom. The van der Waals surface area contributed by atoms with E-state index in [1.165, 1.54) is 0 Å². The van der Waals surface area contributed by atoms with Gasteiger partial charge in [0.05, 0.1) is 18.4 Å². The molecule has 2 N–H and O–H groups in total. The average molecular weight is 544 g/mol. The van der Waals surface area contributed by atoms with E-state index >= 15 is 0 Å². The Morgan fingerprint density at radius 2 is 1.75 bits per heavy atom. The van der Waals surface area contributed by atoms with Crippen molar-refractivity contribution in [3.63, 3.8) is 0 Å². The zero-order valence-corrected chi connectivity index (χ0v) is 22.8. The third kappa shape index (κ3) is 7.92. The fraction of sp³-hybridized carbons (Fsp3) is 0.290. The van der Waals surface area contributed by atoms with E-state index in [9.17, 15) is 9.59 Å². The second kappa shape index (κ2) is 13.4. The van der Waals surface area contributed by atoms with Crippen LogP contribution >= 0.6 is 0 Å². The van der Waals surface area contributed by atoms with Crippen molar-refractivity contribution in [3.05, 3.63) is 89.6 Å². The van der Waals surface area contributed by atoms with Crippen LogP contribution in [0.4, 0.5) is 4.79 Å². The second-order valence-corrected chi connectivity index (χ2v) is 9.57. The molecule has 0 bridgehead atoms. The van der Waals surface area contributed by atoms with E-state index in [2.05, 4.69) is 10.3 Å². The minimum absolute atomic E-state index is 0.0110. The number of aryl methyl sites for hydroxylation is 2. The molecule has 4 rings (SSSR count). The van der Waals surface area contributed by atoms with Gasteiger partial charge in [-0.05, 0) is 85.8 Å². The molecule has 2 aromatic carbocycles. The Hall–Kier alpha value is -4.66. The third-order valence-corrected chi connectivity index (χ3v) is 6.18. The highest BCUT2D eigenvalue weighted by atomic mass is 16.6. The predicted molar refractivity (Wildman–Crippen MR) is 150 cm³/mol. The van der Waals surface area contributed by atoms with Crippen molar-refractivity contribution in [2.75, 3.05) is 6.61 Å². The molecule has 9 heteroatoms. The first-order valence-electron chi connectivity index (χ1n) is 13.2. The van der Waals surface area contributed by atoms with Crippen LogP contribution in [0.5, 0.6) is 5.75 Å². The number of oxazole rings is 1. The number of hydrogen-bond donors (Lipinski definition) is 2. The van der Waals surface area contributed by atoms with Gasteiger partial charge in [0.15, 0.2) is 0 Å². The van der Waals surface area contributed by atoms with Gasteiger partial charge in [0, 0.05) is 37.3 Å². The van der Waals surface area contributed by atoms with Crippen molar-refractivity contribution in [1.82, 2.24) is 15.3 Å². The molecule has 0 unspecified atom stereocenters. The topological polar surface area (TPSA) is 124 Å². The molecule has 40 heavy (non-hydrogen) atoms. The van der Waals surface area contributed by atoms with Crippen molar-refractivity contribution < 1.29 is 28.6 Å². The molecule has 0 atom stereocenters. The first kappa shape index (κ1) is 28.4. The summed E-state index contributed by atoms with van der Waals surface area (Å²) in [6.45, 7) is 5.98. The predicted octanol–water partition coefficient (Wildman–Crippen LogP) is 5.99. The van der Waals surface area contributed by atoms with Crippen LogP contribution < -0.4 is 10.1 Å². The lowest BCUT2D eigenvalue weighted by molar-refractivity contribution is -0.136. The number of carboxylic acids is 1. The number of benzene rings is 2. The number of hydrogen-bond acceptors (Lipinski definition) is 7. The van der Waals surface area contributed by atoms with E-state index in [1.54, 1.807) is 32.3 Å². The molecule has 208 valence electrons. The molecule has 0 aliphatic rings. The number of rotatable bonds is 12. The molecule has 0 saturated carbocycles. The molecule has 2 heterocycles. The molecule has 0 spiro atoms. The number of carbonyl (C=O) groups excluding carboxylic acids is 1. The van der Waals surface area contributed by atoms with E-state index in [0.29, 0.717) is 31.1 Å². The normalized spacial score (nSPS) is 10.9. The summed E-state index contributed by atoms with van der Waals surface area (Å²) in [5.74, 6) is 1.00. The van der Waals surface area contributed by atoms with Crippen LogP contribution in [0.1, 0.15) is 42.8 Å². The summed E-state index contributed by atoms with van der Waals surface area (Å²) < 4.78 is 17.1. The summed E-state index contributed by atoms with van der Waals surface area (Å²) in [4.78, 5) is 31.8. The van der Waals surface area contributed by atoms with Gasteiger partial charge in [-0.2, -0.15) is 0 Å². The Morgan fingerprint density at radius 1 is 0.975 bits per heavy atom. The molecule has 1 amide bonds. The van der Waals surface area contributed by atoms with Gasteiger partial charge in [-0.25, -0.2) is 9.78 Å². The van der Waals surface area contributed by atoms with Crippen LogP contribution in [0.25, 0.3) is 22.6 Å². The van der Waals surface area contributed by atoms with E-state index in [-0.39, 0.29) is 19.1 Å². The van der Waals surface area contributed by atoms with Crippen molar-refractivity contribution in [2.24, 2.45) is 0 Å². The second-order valence-electron chi connectivity index (χ2n) is 9.57. The average Bonchev–Trinajstić information content (AvgIpc) is 3.31. The first-order chi connectivity index (χ1) is 19.3. The Labute approximate surface area is 233 Å². The number of carboxylic acid groups (broad SMARTS) is 1. The van der Waals surface area contributed by atoms with Gasteiger partial charge in [0.2, 0.25) is 5.89 Å². The lowest BCUT2D eigenvalue weighted by Gasteiger charge is -2.14. The fourth-order valence-electron chi connectivity index (χ4n) is 4.19. The number of amides is 1. The first-order valence-corrected chi connectivity index (χ1v) is 13.2. The lowest BCUT2D eigenvalue weighted by atomic mass is 10.0. The van der Waals surface area contributed by atoms with Crippen LogP contribution in [0, 0.1) is 6.92 Å². The number of nitrogens with zero attached hydrogens (tertiary/aromatic N) is 2. The molecule has 9 nitrogen and oxygen atoms in total. The van der Waals surface area contributed by atoms with Gasteiger partial charge in [-0.3, -0.25) is 9.78 Å². The standard InChI is InChI=1S/C31H33N3O6/c1-20(2)39-31(37)33-19-26-18-27(9-7-22(26)8-10-29(35)36)38-16-13-28-21(3)40-30(34-28)25-6-4-5-24(17-25)23-11-14-32-15-12-23/h4-7,9,11-12,14-15,17-18,20H,8,10,13,16,19H2,1-3H3,(H,33,37)(H,35,36). The van der Waals surface area contributed by atoms with Gasteiger partial charge in [-0.15, -0.1) is 0 Å².